The molecule has 0 aliphatic rings. The van der Waals surface area contributed by atoms with E-state index in [9.17, 15) is 15.0 Å². The molecule has 0 aromatic heterocycles. The van der Waals surface area contributed by atoms with E-state index in [4.69, 9.17) is 4.74 Å². The van der Waals surface area contributed by atoms with E-state index < -0.39 is 0 Å². The maximum atomic E-state index is 12.5. The maximum absolute atomic E-state index is 12.5. The van der Waals surface area contributed by atoms with Gasteiger partial charge in [0.1, 0.15) is 5.75 Å². The smallest absolute Gasteiger partial charge is 0.254 e. The standard InChI is InChI=1S/C17H18BrNO4.C2H6/c1-19(8-7-11-3-5-12(20)6-4-11)17(22)13-9-15(21)16(23-2)10-14(13)18;1-2/h3-6,9-10,20-21H,7-8H2,1-2H3;1-2H3. The molecular formula is C19H24BrNO4. The number of rotatable bonds is 5. The summed E-state index contributed by atoms with van der Waals surface area (Å²) < 4.78 is 5.57. The van der Waals surface area contributed by atoms with Crippen molar-refractivity contribution in [2.45, 2.75) is 20.3 Å². The van der Waals surface area contributed by atoms with Crippen LogP contribution in [0.3, 0.4) is 0 Å². The number of nitrogens with zero attached hydrogens (tertiary/aromatic N) is 1. The van der Waals surface area contributed by atoms with Gasteiger partial charge in [-0.25, -0.2) is 0 Å². The van der Waals surface area contributed by atoms with Gasteiger partial charge in [-0.05, 0) is 52.2 Å². The Morgan fingerprint density at radius 1 is 1.16 bits per heavy atom. The Kier molecular flexibility index (Phi) is 8.28. The van der Waals surface area contributed by atoms with E-state index in [1.54, 1.807) is 30.1 Å². The van der Waals surface area contributed by atoms with Gasteiger partial charge in [-0.15, -0.1) is 0 Å². The molecule has 0 aliphatic heterocycles. The Labute approximate surface area is 157 Å². The van der Waals surface area contributed by atoms with Crippen molar-refractivity contribution < 1.29 is 19.7 Å². The first-order valence-electron chi connectivity index (χ1n) is 8.02. The van der Waals surface area contributed by atoms with Gasteiger partial charge in [-0.1, -0.05) is 26.0 Å². The molecule has 0 atom stereocenters. The monoisotopic (exact) mass is 409 g/mol. The minimum Gasteiger partial charge on any atom is -0.508 e. The third-order valence-corrected chi connectivity index (χ3v) is 4.17. The minimum atomic E-state index is -0.200. The number of carbonyl (C=O) groups excluding carboxylic acids is 1. The van der Waals surface area contributed by atoms with Crippen LogP contribution in [-0.2, 0) is 6.42 Å². The average molecular weight is 410 g/mol. The molecule has 0 aliphatic carbocycles. The highest BCUT2D eigenvalue weighted by Crippen LogP contribution is 2.32. The summed E-state index contributed by atoms with van der Waals surface area (Å²) in [6, 6.07) is 9.84. The van der Waals surface area contributed by atoms with Gasteiger partial charge in [-0.2, -0.15) is 0 Å². The normalized spacial score (nSPS) is 9.80. The Balaban J connectivity index is 0.00000151. The number of hydrogen-bond donors (Lipinski definition) is 2. The number of amides is 1. The fraction of sp³-hybridized carbons (Fsp3) is 0.316. The summed E-state index contributed by atoms with van der Waals surface area (Å²) in [5.74, 6) is 0.246. The van der Waals surface area contributed by atoms with Crippen molar-refractivity contribution in [2.24, 2.45) is 0 Å². The molecule has 0 unspecified atom stereocenters. The number of phenolic OH excluding ortho intramolecular Hbond substituents is 2. The lowest BCUT2D eigenvalue weighted by molar-refractivity contribution is 0.0795. The van der Waals surface area contributed by atoms with Crippen LogP contribution in [0.2, 0.25) is 0 Å². The molecule has 0 saturated heterocycles. The van der Waals surface area contributed by atoms with Gasteiger partial charge in [-0.3, -0.25) is 4.79 Å². The molecule has 1 amide bonds. The quantitative estimate of drug-likeness (QED) is 0.775. The van der Waals surface area contributed by atoms with Crippen molar-refractivity contribution in [3.8, 4) is 17.2 Å². The molecule has 2 rings (SSSR count). The van der Waals surface area contributed by atoms with Crippen molar-refractivity contribution in [1.29, 1.82) is 0 Å². The molecule has 0 radical (unpaired) electrons. The van der Waals surface area contributed by atoms with Gasteiger partial charge in [0.2, 0.25) is 0 Å². The van der Waals surface area contributed by atoms with Crippen LogP contribution in [-0.4, -0.2) is 41.7 Å². The molecule has 5 nitrogen and oxygen atoms in total. The van der Waals surface area contributed by atoms with Crippen LogP contribution in [0.1, 0.15) is 29.8 Å². The van der Waals surface area contributed by atoms with Gasteiger partial charge >= 0.3 is 0 Å². The number of halogens is 1. The van der Waals surface area contributed by atoms with Crippen molar-refractivity contribution in [3.05, 3.63) is 52.0 Å². The zero-order valence-electron chi connectivity index (χ0n) is 14.9. The molecule has 6 heteroatoms. The topological polar surface area (TPSA) is 70.0 Å². The van der Waals surface area contributed by atoms with E-state index in [2.05, 4.69) is 15.9 Å². The molecule has 0 fully saturated rings. The van der Waals surface area contributed by atoms with Crippen molar-refractivity contribution in [2.75, 3.05) is 20.7 Å². The Hall–Kier alpha value is -2.21. The van der Waals surface area contributed by atoms with E-state index in [1.165, 1.54) is 13.2 Å². The first-order chi connectivity index (χ1) is 11.9. The molecule has 136 valence electrons. The Morgan fingerprint density at radius 3 is 2.32 bits per heavy atom. The number of ether oxygens (including phenoxy) is 1. The molecule has 0 heterocycles. The van der Waals surface area contributed by atoms with Crippen LogP contribution in [0, 0.1) is 0 Å². The minimum absolute atomic E-state index is 0.0778. The van der Waals surface area contributed by atoms with Crippen molar-refractivity contribution >= 4 is 21.8 Å². The lowest BCUT2D eigenvalue weighted by atomic mass is 10.1. The van der Waals surface area contributed by atoms with Gasteiger partial charge in [0.05, 0.1) is 12.7 Å². The molecule has 0 saturated carbocycles. The molecule has 25 heavy (non-hydrogen) atoms. The second-order valence-corrected chi connectivity index (χ2v) is 6.00. The van der Waals surface area contributed by atoms with Crippen LogP contribution < -0.4 is 4.74 Å². The molecule has 2 N–H and O–H groups in total. The zero-order valence-corrected chi connectivity index (χ0v) is 16.5. The molecule has 2 aromatic rings. The first kappa shape index (κ1) is 20.8. The van der Waals surface area contributed by atoms with Gasteiger partial charge in [0.25, 0.3) is 5.91 Å². The highest BCUT2D eigenvalue weighted by atomic mass is 79.9. The fourth-order valence-electron chi connectivity index (χ4n) is 2.14. The number of likely N-dealkylation sites (N-methyl/N-ethyl adjacent to an activating group) is 1. The zero-order chi connectivity index (χ0) is 19.0. The summed E-state index contributed by atoms with van der Waals surface area (Å²) in [5, 5.41) is 19.1. The molecule has 2 aromatic carbocycles. The van der Waals surface area contributed by atoms with E-state index in [0.717, 1.165) is 5.56 Å². The number of benzene rings is 2. The largest absolute Gasteiger partial charge is 0.508 e. The summed E-state index contributed by atoms with van der Waals surface area (Å²) in [5.41, 5.74) is 1.40. The summed E-state index contributed by atoms with van der Waals surface area (Å²) in [6.07, 6.45) is 0.669. The van der Waals surface area contributed by atoms with Crippen LogP contribution in [0.4, 0.5) is 0 Å². The Bertz CT molecular complexity index is 701. The average Bonchev–Trinajstić information content (AvgIpc) is 2.63. The fourth-order valence-corrected chi connectivity index (χ4v) is 2.63. The van der Waals surface area contributed by atoms with Crippen LogP contribution in [0.5, 0.6) is 17.2 Å². The predicted molar refractivity (Wildman–Crippen MR) is 102 cm³/mol. The number of hydrogen-bond acceptors (Lipinski definition) is 4. The number of aromatic hydroxyl groups is 2. The van der Waals surface area contributed by atoms with Gasteiger partial charge in [0, 0.05) is 18.1 Å². The highest BCUT2D eigenvalue weighted by Gasteiger charge is 2.18. The molecular weight excluding hydrogens is 386 g/mol. The Morgan fingerprint density at radius 2 is 1.76 bits per heavy atom. The van der Waals surface area contributed by atoms with E-state index in [-0.39, 0.29) is 17.4 Å². The maximum Gasteiger partial charge on any atom is 0.254 e. The third kappa shape index (κ3) is 5.67. The van der Waals surface area contributed by atoms with Gasteiger partial charge < -0.3 is 19.8 Å². The van der Waals surface area contributed by atoms with E-state index >= 15 is 0 Å². The van der Waals surface area contributed by atoms with Crippen LogP contribution in [0.25, 0.3) is 0 Å². The SMILES string of the molecule is CC.COc1cc(Br)c(C(=O)N(C)CCc2ccc(O)cc2)cc1O. The molecule has 0 bridgehead atoms. The van der Waals surface area contributed by atoms with E-state index in [0.29, 0.717) is 28.8 Å². The lowest BCUT2D eigenvalue weighted by Crippen LogP contribution is -2.29. The number of methoxy groups -OCH3 is 1. The highest BCUT2D eigenvalue weighted by molar-refractivity contribution is 9.10. The predicted octanol–water partition coefficient (Wildman–Crippen LogP) is 4.21. The summed E-state index contributed by atoms with van der Waals surface area (Å²) in [6.45, 7) is 4.52. The summed E-state index contributed by atoms with van der Waals surface area (Å²) in [4.78, 5) is 14.1. The summed E-state index contributed by atoms with van der Waals surface area (Å²) in [7, 11) is 3.16. The summed E-state index contributed by atoms with van der Waals surface area (Å²) >= 11 is 3.33. The molecule has 0 spiro atoms. The first-order valence-corrected chi connectivity index (χ1v) is 8.81. The lowest BCUT2D eigenvalue weighted by Gasteiger charge is -2.18. The van der Waals surface area contributed by atoms with Crippen molar-refractivity contribution in [1.82, 2.24) is 4.90 Å². The van der Waals surface area contributed by atoms with Crippen LogP contribution in [0.15, 0.2) is 40.9 Å². The van der Waals surface area contributed by atoms with Crippen molar-refractivity contribution in [3.63, 3.8) is 0 Å². The van der Waals surface area contributed by atoms with E-state index in [1.807, 2.05) is 26.0 Å². The third-order valence-electron chi connectivity index (χ3n) is 3.52. The second kappa shape index (κ2) is 9.93. The van der Waals surface area contributed by atoms with Crippen LogP contribution >= 0.6 is 15.9 Å². The number of carbonyl (C=O) groups is 1. The number of phenols is 2. The second-order valence-electron chi connectivity index (χ2n) is 5.15. The van der Waals surface area contributed by atoms with Gasteiger partial charge in [0.15, 0.2) is 11.5 Å².